The van der Waals surface area contributed by atoms with Gasteiger partial charge in [0, 0.05) is 0 Å². The first-order valence-corrected chi connectivity index (χ1v) is 5.38. The predicted octanol–water partition coefficient (Wildman–Crippen LogP) is 1.12. The summed E-state index contributed by atoms with van der Waals surface area (Å²) in [6, 6.07) is 0. The van der Waals surface area contributed by atoms with Crippen LogP contribution in [-0.2, 0) is 6.54 Å². The number of aromatic nitrogens is 2. The fourth-order valence-corrected chi connectivity index (χ4v) is 1.33. The predicted molar refractivity (Wildman–Crippen MR) is 64.2 cm³/mol. The Kier molecular flexibility index (Phi) is 4.80. The molecule has 1 heterocycles. The van der Waals surface area contributed by atoms with Gasteiger partial charge in [-0.1, -0.05) is 17.7 Å². The van der Waals surface area contributed by atoms with Crippen molar-refractivity contribution >= 4 is 17.3 Å². The first kappa shape index (κ1) is 14.6. The summed E-state index contributed by atoms with van der Waals surface area (Å²) >= 11 is 5.73. The Morgan fingerprint density at radius 2 is 2.33 bits per heavy atom. The largest absolute Gasteiger partial charge is 0.390 e. The van der Waals surface area contributed by atoms with Crippen molar-refractivity contribution in [3.8, 4) is 0 Å². The van der Waals surface area contributed by atoms with Crippen LogP contribution in [0.5, 0.6) is 0 Å². The van der Waals surface area contributed by atoms with Crippen LogP contribution in [0.15, 0.2) is 23.6 Å². The monoisotopic (exact) mass is 279 g/mol. The number of hydrogen-bond donors (Lipinski definition) is 2. The van der Waals surface area contributed by atoms with E-state index in [9.17, 15) is 13.6 Å². The van der Waals surface area contributed by atoms with Crippen LogP contribution in [0.1, 0.15) is 0 Å². The Morgan fingerprint density at radius 3 is 2.89 bits per heavy atom. The van der Waals surface area contributed by atoms with Crippen LogP contribution in [0.25, 0.3) is 0 Å². The number of hydrogen-bond acceptors (Lipinski definition) is 4. The van der Waals surface area contributed by atoms with Gasteiger partial charge in [-0.05, 0) is 0 Å². The van der Waals surface area contributed by atoms with Gasteiger partial charge in [0.05, 0.1) is 25.0 Å². The van der Waals surface area contributed by atoms with E-state index in [2.05, 4.69) is 17.0 Å². The molecule has 0 bridgehead atoms. The maximum Gasteiger partial charge on any atom is 0.287 e. The molecule has 2 N–H and O–H groups in total. The van der Waals surface area contributed by atoms with Crippen molar-refractivity contribution < 1.29 is 13.9 Å². The average Bonchev–Trinajstić information content (AvgIpc) is 2.34. The van der Waals surface area contributed by atoms with E-state index >= 15 is 0 Å². The summed E-state index contributed by atoms with van der Waals surface area (Å²) in [6.45, 7) is 1.49. The Hall–Kier alpha value is -1.47. The second-order valence-corrected chi connectivity index (χ2v) is 3.89. The zero-order chi connectivity index (χ0) is 13.8. The molecule has 0 aliphatic rings. The highest BCUT2D eigenvalue weighted by atomic mass is 35.5. The quantitative estimate of drug-likeness (QED) is 0.766. The van der Waals surface area contributed by atoms with Crippen LogP contribution in [0, 0.1) is 0 Å². The molecule has 0 saturated carbocycles. The lowest BCUT2D eigenvalue weighted by atomic mass is 10.3. The number of aliphatic hydroxyl groups is 1. The molecule has 0 amide bonds. The fourth-order valence-electron chi connectivity index (χ4n) is 1.12. The zero-order valence-electron chi connectivity index (χ0n) is 9.37. The number of anilines is 1. The average molecular weight is 280 g/mol. The standard InChI is InChI=1S/C10H12ClF2N3O2/c1-2-3-16-9(18)8(11)7(4-15-16)14-5-10(12,13)6-17/h2,4,14,17H,1,3,5-6H2. The fraction of sp³-hybridized carbons (Fsp3) is 0.400. The van der Waals surface area contributed by atoms with E-state index < -0.39 is 24.6 Å². The first-order chi connectivity index (χ1) is 8.41. The lowest BCUT2D eigenvalue weighted by molar-refractivity contribution is -0.0372. The van der Waals surface area contributed by atoms with Crippen LogP contribution < -0.4 is 10.9 Å². The van der Waals surface area contributed by atoms with Gasteiger partial charge in [0.1, 0.15) is 11.6 Å². The number of aliphatic hydroxyl groups excluding tert-OH is 1. The maximum atomic E-state index is 12.8. The van der Waals surface area contributed by atoms with E-state index in [1.165, 1.54) is 12.3 Å². The molecule has 0 aliphatic heterocycles. The van der Waals surface area contributed by atoms with Crippen LogP contribution in [-0.4, -0.2) is 34.0 Å². The molecular formula is C10H12ClF2N3O2. The molecule has 0 fully saturated rings. The molecule has 1 aromatic heterocycles. The highest BCUT2D eigenvalue weighted by Crippen LogP contribution is 2.18. The summed E-state index contributed by atoms with van der Waals surface area (Å²) in [7, 11) is 0. The third kappa shape index (κ3) is 3.51. The van der Waals surface area contributed by atoms with Crippen molar-refractivity contribution in [3.63, 3.8) is 0 Å². The van der Waals surface area contributed by atoms with Crippen LogP contribution in [0.2, 0.25) is 5.02 Å². The molecule has 100 valence electrons. The van der Waals surface area contributed by atoms with Crippen molar-refractivity contribution in [1.29, 1.82) is 0 Å². The van der Waals surface area contributed by atoms with Crippen molar-refractivity contribution in [2.24, 2.45) is 0 Å². The summed E-state index contributed by atoms with van der Waals surface area (Å²) in [6.07, 6.45) is 2.62. The molecule has 8 heteroatoms. The highest BCUT2D eigenvalue weighted by Gasteiger charge is 2.27. The second-order valence-electron chi connectivity index (χ2n) is 3.52. The summed E-state index contributed by atoms with van der Waals surface area (Å²) in [5, 5.41) is 14.2. The minimum Gasteiger partial charge on any atom is -0.390 e. The number of nitrogens with one attached hydrogen (secondary N) is 1. The van der Waals surface area contributed by atoms with Gasteiger partial charge in [-0.2, -0.15) is 5.10 Å². The van der Waals surface area contributed by atoms with Gasteiger partial charge in [-0.25, -0.2) is 13.5 Å². The Morgan fingerprint density at radius 1 is 1.67 bits per heavy atom. The molecule has 0 unspecified atom stereocenters. The lowest BCUT2D eigenvalue weighted by Gasteiger charge is -2.15. The Bertz CT molecular complexity index is 491. The molecule has 0 radical (unpaired) electrons. The molecule has 1 aromatic rings. The molecular weight excluding hydrogens is 268 g/mol. The van der Waals surface area contributed by atoms with E-state index in [0.717, 1.165) is 4.68 Å². The van der Waals surface area contributed by atoms with Crippen LogP contribution in [0.3, 0.4) is 0 Å². The summed E-state index contributed by atoms with van der Waals surface area (Å²) in [5.41, 5.74) is -0.607. The van der Waals surface area contributed by atoms with Crippen molar-refractivity contribution in [2.45, 2.75) is 12.5 Å². The van der Waals surface area contributed by atoms with Gasteiger partial charge in [-0.15, -0.1) is 6.58 Å². The highest BCUT2D eigenvalue weighted by molar-refractivity contribution is 6.32. The zero-order valence-corrected chi connectivity index (χ0v) is 10.1. The molecule has 0 saturated heterocycles. The summed E-state index contributed by atoms with van der Waals surface area (Å²) in [4.78, 5) is 11.6. The van der Waals surface area contributed by atoms with Gasteiger partial charge in [0.2, 0.25) is 0 Å². The van der Waals surface area contributed by atoms with Crippen molar-refractivity contribution in [1.82, 2.24) is 9.78 Å². The smallest absolute Gasteiger partial charge is 0.287 e. The number of rotatable bonds is 6. The van der Waals surface area contributed by atoms with E-state index in [1.807, 2.05) is 0 Å². The van der Waals surface area contributed by atoms with E-state index in [0.29, 0.717) is 0 Å². The second kappa shape index (κ2) is 5.92. The number of allylic oxidation sites excluding steroid dienone is 1. The van der Waals surface area contributed by atoms with Crippen LogP contribution in [0.4, 0.5) is 14.5 Å². The Labute approximate surface area is 107 Å². The third-order valence-electron chi connectivity index (χ3n) is 2.06. The Balaban J connectivity index is 2.89. The van der Waals surface area contributed by atoms with Crippen molar-refractivity contribution in [3.05, 3.63) is 34.2 Å². The van der Waals surface area contributed by atoms with Gasteiger partial charge in [0.15, 0.2) is 0 Å². The lowest BCUT2D eigenvalue weighted by Crippen LogP contribution is -2.32. The summed E-state index contributed by atoms with van der Waals surface area (Å²) in [5.74, 6) is -3.29. The maximum absolute atomic E-state index is 12.8. The number of alkyl halides is 2. The summed E-state index contributed by atoms with van der Waals surface area (Å²) < 4.78 is 26.6. The molecule has 5 nitrogen and oxygen atoms in total. The van der Waals surface area contributed by atoms with Gasteiger partial charge in [-0.3, -0.25) is 4.79 Å². The third-order valence-corrected chi connectivity index (χ3v) is 2.42. The first-order valence-electron chi connectivity index (χ1n) is 5.00. The van der Waals surface area contributed by atoms with Gasteiger partial charge < -0.3 is 10.4 Å². The number of nitrogens with zero attached hydrogens (tertiary/aromatic N) is 2. The van der Waals surface area contributed by atoms with Crippen LogP contribution >= 0.6 is 11.6 Å². The van der Waals surface area contributed by atoms with E-state index in [1.54, 1.807) is 0 Å². The molecule has 0 aliphatic carbocycles. The van der Waals surface area contributed by atoms with Gasteiger partial charge in [0.25, 0.3) is 11.5 Å². The minimum atomic E-state index is -3.29. The van der Waals surface area contributed by atoms with Crippen molar-refractivity contribution in [2.75, 3.05) is 18.5 Å². The molecule has 1 rings (SSSR count). The topological polar surface area (TPSA) is 67.2 Å². The SMILES string of the molecule is C=CCn1ncc(NCC(F)(F)CO)c(Cl)c1=O. The molecule has 18 heavy (non-hydrogen) atoms. The van der Waals surface area contributed by atoms with E-state index in [-0.39, 0.29) is 17.3 Å². The molecule has 0 spiro atoms. The van der Waals surface area contributed by atoms with Gasteiger partial charge >= 0.3 is 0 Å². The molecule has 0 atom stereocenters. The minimum absolute atomic E-state index is 0.00453. The normalized spacial score (nSPS) is 11.3. The molecule has 0 aromatic carbocycles. The number of halogens is 3. The van der Waals surface area contributed by atoms with E-state index in [4.69, 9.17) is 16.7 Å².